The van der Waals surface area contributed by atoms with E-state index in [9.17, 15) is 9.59 Å². The van der Waals surface area contributed by atoms with E-state index < -0.39 is 5.60 Å². The number of piperidine rings is 1. The lowest BCUT2D eigenvalue weighted by Gasteiger charge is -2.33. The maximum atomic E-state index is 13.1. The Morgan fingerprint density at radius 2 is 1.97 bits per heavy atom. The minimum Gasteiger partial charge on any atom is -0.444 e. The number of hydrogen-bond donors (Lipinski definition) is 1. The van der Waals surface area contributed by atoms with E-state index in [-0.39, 0.29) is 17.6 Å². The van der Waals surface area contributed by atoms with Gasteiger partial charge in [-0.15, -0.1) is 0 Å². The van der Waals surface area contributed by atoms with Crippen LogP contribution in [0.1, 0.15) is 45.4 Å². The Hall–Kier alpha value is -2.61. The van der Waals surface area contributed by atoms with Gasteiger partial charge >= 0.3 is 6.09 Å². The minimum absolute atomic E-state index is 0.0835. The number of likely N-dealkylation sites (tertiary alicyclic amines) is 1. The maximum Gasteiger partial charge on any atom is 0.410 e. The lowest BCUT2D eigenvalue weighted by atomic mass is 9.95. The molecular weight excluding hydrogens is 372 g/mol. The van der Waals surface area contributed by atoms with Gasteiger partial charge in [0.2, 0.25) is 0 Å². The van der Waals surface area contributed by atoms with E-state index in [1.54, 1.807) is 34.8 Å². The van der Waals surface area contributed by atoms with E-state index in [2.05, 4.69) is 0 Å². The van der Waals surface area contributed by atoms with Gasteiger partial charge < -0.3 is 20.1 Å². The molecule has 1 aliphatic heterocycles. The number of amides is 1. The first kappa shape index (κ1) is 21.1. The predicted octanol–water partition coefficient (Wildman–Crippen LogP) is 2.74. The zero-order chi connectivity index (χ0) is 21.2. The zero-order valence-corrected chi connectivity index (χ0v) is 17.6. The molecular formula is C21H30N4O4. The van der Waals surface area contributed by atoms with Crippen LogP contribution in [0.2, 0.25) is 0 Å². The second kappa shape index (κ2) is 8.41. The molecule has 0 unspecified atom stereocenters. The molecule has 2 aromatic rings. The van der Waals surface area contributed by atoms with Crippen molar-refractivity contribution in [1.29, 1.82) is 0 Å². The van der Waals surface area contributed by atoms with Gasteiger partial charge in [-0.05, 0) is 51.8 Å². The molecule has 3 rings (SSSR count). The fourth-order valence-electron chi connectivity index (χ4n) is 3.61. The van der Waals surface area contributed by atoms with Crippen molar-refractivity contribution in [2.75, 3.05) is 32.5 Å². The molecule has 2 N–H and O–H groups in total. The predicted molar refractivity (Wildman–Crippen MR) is 112 cm³/mol. The molecule has 29 heavy (non-hydrogen) atoms. The number of carbonyl (C=O) groups is 1. The molecule has 0 bridgehead atoms. The van der Waals surface area contributed by atoms with Gasteiger partial charge in [0.1, 0.15) is 11.4 Å². The third kappa shape index (κ3) is 4.87. The average molecular weight is 402 g/mol. The first-order valence-corrected chi connectivity index (χ1v) is 9.96. The van der Waals surface area contributed by atoms with Crippen LogP contribution in [0.15, 0.2) is 23.0 Å². The first-order chi connectivity index (χ1) is 13.7. The summed E-state index contributed by atoms with van der Waals surface area (Å²) in [5.41, 5.74) is 6.41. The SMILES string of the molecule is COCCn1c(C2CCN(C(=O)OC(C)(C)C)CC2)nc2ccc(N)cc2c1=O. The van der Waals surface area contributed by atoms with Crippen LogP contribution in [0.5, 0.6) is 0 Å². The Morgan fingerprint density at radius 3 is 2.59 bits per heavy atom. The Bertz CT molecular complexity index is 940. The summed E-state index contributed by atoms with van der Waals surface area (Å²) in [5, 5.41) is 0.510. The van der Waals surface area contributed by atoms with E-state index in [1.165, 1.54) is 0 Å². The fourth-order valence-corrected chi connectivity index (χ4v) is 3.61. The number of hydrogen-bond acceptors (Lipinski definition) is 6. The summed E-state index contributed by atoms with van der Waals surface area (Å²) >= 11 is 0. The lowest BCUT2D eigenvalue weighted by Crippen LogP contribution is -2.42. The normalized spacial score (nSPS) is 15.7. The van der Waals surface area contributed by atoms with E-state index in [0.29, 0.717) is 42.8 Å². The highest BCUT2D eigenvalue weighted by atomic mass is 16.6. The fraction of sp³-hybridized carbons (Fsp3) is 0.571. The average Bonchev–Trinajstić information content (AvgIpc) is 2.66. The van der Waals surface area contributed by atoms with Gasteiger partial charge in [-0.1, -0.05) is 0 Å². The summed E-state index contributed by atoms with van der Waals surface area (Å²) in [4.78, 5) is 32.0. The summed E-state index contributed by atoms with van der Waals surface area (Å²) in [6, 6.07) is 5.21. The van der Waals surface area contributed by atoms with Crippen LogP contribution < -0.4 is 11.3 Å². The van der Waals surface area contributed by atoms with Crippen LogP contribution in [0, 0.1) is 0 Å². The Labute approximate surface area is 170 Å². The number of ether oxygens (including phenoxy) is 2. The van der Waals surface area contributed by atoms with Crippen LogP contribution in [0.25, 0.3) is 10.9 Å². The van der Waals surface area contributed by atoms with E-state index in [0.717, 1.165) is 18.7 Å². The number of carbonyl (C=O) groups excluding carboxylic acids is 1. The molecule has 1 saturated heterocycles. The van der Waals surface area contributed by atoms with E-state index in [4.69, 9.17) is 20.2 Å². The number of aromatic nitrogens is 2. The van der Waals surface area contributed by atoms with Gasteiger partial charge in [0.05, 0.1) is 24.1 Å². The molecule has 8 nitrogen and oxygen atoms in total. The molecule has 1 aliphatic rings. The molecule has 1 aromatic heterocycles. The van der Waals surface area contributed by atoms with Crippen molar-refractivity contribution in [1.82, 2.24) is 14.5 Å². The molecule has 1 fully saturated rings. The summed E-state index contributed by atoms with van der Waals surface area (Å²) in [7, 11) is 1.61. The third-order valence-electron chi connectivity index (χ3n) is 5.04. The number of fused-ring (bicyclic) bond motifs is 1. The molecule has 1 amide bonds. The van der Waals surface area contributed by atoms with Crippen molar-refractivity contribution in [3.63, 3.8) is 0 Å². The topological polar surface area (TPSA) is 99.7 Å². The van der Waals surface area contributed by atoms with Gasteiger partial charge in [-0.3, -0.25) is 9.36 Å². The smallest absolute Gasteiger partial charge is 0.410 e. The van der Waals surface area contributed by atoms with Crippen molar-refractivity contribution in [2.24, 2.45) is 0 Å². The molecule has 158 valence electrons. The number of rotatable bonds is 4. The van der Waals surface area contributed by atoms with Crippen molar-refractivity contribution in [3.05, 3.63) is 34.4 Å². The number of anilines is 1. The van der Waals surface area contributed by atoms with Crippen molar-refractivity contribution in [3.8, 4) is 0 Å². The summed E-state index contributed by atoms with van der Waals surface area (Å²) in [6.07, 6.45) is 1.15. The van der Waals surface area contributed by atoms with Crippen LogP contribution >= 0.6 is 0 Å². The highest BCUT2D eigenvalue weighted by Crippen LogP contribution is 2.28. The molecule has 2 heterocycles. The monoisotopic (exact) mass is 402 g/mol. The second-order valence-electron chi connectivity index (χ2n) is 8.44. The number of nitrogens with zero attached hydrogens (tertiary/aromatic N) is 3. The van der Waals surface area contributed by atoms with Gasteiger partial charge in [0.15, 0.2) is 0 Å². The molecule has 1 aromatic carbocycles. The summed E-state index contributed by atoms with van der Waals surface area (Å²) in [5.74, 6) is 0.827. The van der Waals surface area contributed by atoms with E-state index >= 15 is 0 Å². The number of nitrogen functional groups attached to an aromatic ring is 1. The summed E-state index contributed by atoms with van der Waals surface area (Å²) in [6.45, 7) is 7.56. The van der Waals surface area contributed by atoms with Gasteiger partial charge in [-0.2, -0.15) is 0 Å². The first-order valence-electron chi connectivity index (χ1n) is 9.96. The Balaban J connectivity index is 1.87. The van der Waals surface area contributed by atoms with Crippen molar-refractivity contribution >= 4 is 22.7 Å². The van der Waals surface area contributed by atoms with Crippen LogP contribution in [-0.2, 0) is 16.0 Å². The molecule has 0 spiro atoms. The van der Waals surface area contributed by atoms with Gasteiger partial charge in [0.25, 0.3) is 5.56 Å². The summed E-state index contributed by atoms with van der Waals surface area (Å²) < 4.78 is 12.4. The highest BCUT2D eigenvalue weighted by Gasteiger charge is 2.30. The zero-order valence-electron chi connectivity index (χ0n) is 17.6. The van der Waals surface area contributed by atoms with Gasteiger partial charge in [0, 0.05) is 31.8 Å². The van der Waals surface area contributed by atoms with Crippen molar-refractivity contribution < 1.29 is 14.3 Å². The maximum absolute atomic E-state index is 13.1. The Morgan fingerprint density at radius 1 is 1.28 bits per heavy atom. The van der Waals surface area contributed by atoms with Crippen molar-refractivity contribution in [2.45, 2.75) is 51.7 Å². The molecule has 0 saturated carbocycles. The van der Waals surface area contributed by atoms with Crippen LogP contribution in [0.4, 0.5) is 10.5 Å². The molecule has 0 atom stereocenters. The number of nitrogens with two attached hydrogens (primary N) is 1. The lowest BCUT2D eigenvalue weighted by molar-refractivity contribution is 0.0202. The van der Waals surface area contributed by atoms with Gasteiger partial charge in [-0.25, -0.2) is 9.78 Å². The molecule has 0 radical (unpaired) electrons. The van der Waals surface area contributed by atoms with E-state index in [1.807, 2.05) is 20.8 Å². The number of methoxy groups -OCH3 is 1. The highest BCUT2D eigenvalue weighted by molar-refractivity contribution is 5.81. The quantitative estimate of drug-likeness (QED) is 0.790. The van der Waals surface area contributed by atoms with Crippen LogP contribution in [0.3, 0.4) is 0 Å². The minimum atomic E-state index is -0.518. The largest absolute Gasteiger partial charge is 0.444 e. The Kier molecular flexibility index (Phi) is 6.12. The standard InChI is InChI=1S/C21H30N4O4/c1-21(2,3)29-20(27)24-9-7-14(8-10-24)18-23-17-6-5-15(22)13-16(17)19(26)25(18)11-12-28-4/h5-6,13-14H,7-12,22H2,1-4H3. The molecule has 8 heteroatoms. The van der Waals surface area contributed by atoms with Crippen LogP contribution in [-0.4, -0.2) is 53.0 Å². The number of benzene rings is 1. The third-order valence-corrected chi connectivity index (χ3v) is 5.04. The molecule has 0 aliphatic carbocycles. The second-order valence-corrected chi connectivity index (χ2v) is 8.44.